The number of aromatic nitrogens is 3. The van der Waals surface area contributed by atoms with E-state index >= 15 is 0 Å². The number of benzene rings is 2. The Kier molecular flexibility index (Phi) is 5.96. The van der Waals surface area contributed by atoms with Gasteiger partial charge in [-0.15, -0.1) is 0 Å². The highest BCUT2D eigenvalue weighted by atomic mass is 32.2. The topological polar surface area (TPSA) is 88.4 Å². The molecule has 0 aliphatic carbocycles. The predicted molar refractivity (Wildman–Crippen MR) is 128 cm³/mol. The van der Waals surface area contributed by atoms with E-state index in [4.69, 9.17) is 0 Å². The highest BCUT2D eigenvalue weighted by molar-refractivity contribution is 7.89. The Balaban J connectivity index is 1.43. The molecule has 1 saturated heterocycles. The quantitative estimate of drug-likeness (QED) is 0.402. The summed E-state index contributed by atoms with van der Waals surface area (Å²) in [5.74, 6) is -0.230. The molecule has 0 saturated carbocycles. The average molecular weight is 482 g/mol. The second-order valence-corrected chi connectivity index (χ2v) is 10.8. The van der Waals surface area contributed by atoms with Gasteiger partial charge in [0.05, 0.1) is 21.7 Å². The maximum atomic E-state index is 13.5. The maximum Gasteiger partial charge on any atom is 0.260 e. The van der Waals surface area contributed by atoms with Gasteiger partial charge < -0.3 is 0 Å². The Labute approximate surface area is 196 Å². The van der Waals surface area contributed by atoms with E-state index in [0.717, 1.165) is 23.1 Å². The molecule has 4 aromatic rings. The van der Waals surface area contributed by atoms with Gasteiger partial charge in [0, 0.05) is 37.6 Å². The lowest BCUT2D eigenvalue weighted by Crippen LogP contribution is -2.34. The number of anilines is 1. The normalized spacial score (nSPS) is 14.7. The van der Waals surface area contributed by atoms with Gasteiger partial charge >= 0.3 is 0 Å². The van der Waals surface area contributed by atoms with Crippen LogP contribution in [0.25, 0.3) is 10.2 Å². The molecule has 8 nitrogen and oxygen atoms in total. The minimum absolute atomic E-state index is 0.212. The van der Waals surface area contributed by atoms with Crippen molar-refractivity contribution in [2.24, 2.45) is 0 Å². The van der Waals surface area contributed by atoms with Crippen LogP contribution in [0.3, 0.4) is 0 Å². The molecular formula is C23H23N5O3S2. The summed E-state index contributed by atoms with van der Waals surface area (Å²) in [4.78, 5) is 20.0. The smallest absolute Gasteiger partial charge is 0.260 e. The van der Waals surface area contributed by atoms with Crippen LogP contribution in [0.15, 0.2) is 71.9 Å². The lowest BCUT2D eigenvalue weighted by atomic mass is 10.2. The summed E-state index contributed by atoms with van der Waals surface area (Å²) in [5.41, 5.74) is 1.25. The molecule has 0 N–H and O–H groups in total. The fourth-order valence-corrected chi connectivity index (χ4v) is 6.40. The van der Waals surface area contributed by atoms with Gasteiger partial charge in [0.1, 0.15) is 0 Å². The zero-order valence-corrected chi connectivity index (χ0v) is 19.5. The molecule has 0 bridgehead atoms. The van der Waals surface area contributed by atoms with Crippen molar-refractivity contribution in [1.82, 2.24) is 19.1 Å². The van der Waals surface area contributed by atoms with E-state index in [9.17, 15) is 13.2 Å². The van der Waals surface area contributed by atoms with Crippen LogP contribution in [0.1, 0.15) is 23.2 Å². The molecule has 3 heterocycles. The number of amides is 1. The molecule has 10 heteroatoms. The van der Waals surface area contributed by atoms with Gasteiger partial charge in [0.25, 0.3) is 5.91 Å². The summed E-state index contributed by atoms with van der Waals surface area (Å²) in [6.07, 6.45) is 5.30. The molecule has 1 aliphatic heterocycles. The molecular weight excluding hydrogens is 458 g/mol. The lowest BCUT2D eigenvalue weighted by Gasteiger charge is -2.20. The van der Waals surface area contributed by atoms with Crippen LogP contribution in [-0.2, 0) is 16.6 Å². The molecule has 0 unspecified atom stereocenters. The molecule has 2 aromatic heterocycles. The maximum absolute atomic E-state index is 13.5. The Morgan fingerprint density at radius 3 is 2.48 bits per heavy atom. The molecule has 2 aromatic carbocycles. The van der Waals surface area contributed by atoms with Crippen molar-refractivity contribution < 1.29 is 13.2 Å². The van der Waals surface area contributed by atoms with E-state index < -0.39 is 10.0 Å². The van der Waals surface area contributed by atoms with Crippen LogP contribution in [0.5, 0.6) is 0 Å². The zero-order chi connectivity index (χ0) is 22.8. The van der Waals surface area contributed by atoms with Gasteiger partial charge in [-0.2, -0.15) is 9.40 Å². The lowest BCUT2D eigenvalue weighted by molar-refractivity contribution is 0.0985. The van der Waals surface area contributed by atoms with E-state index in [2.05, 4.69) is 10.1 Å². The van der Waals surface area contributed by atoms with Crippen molar-refractivity contribution in [3.63, 3.8) is 0 Å². The minimum atomic E-state index is -3.52. The first-order valence-electron chi connectivity index (χ1n) is 10.8. The summed E-state index contributed by atoms with van der Waals surface area (Å²) in [6.45, 7) is 1.98. The number of fused-ring (bicyclic) bond motifs is 1. The first kappa shape index (κ1) is 21.7. The van der Waals surface area contributed by atoms with Gasteiger partial charge in [-0.05, 0) is 55.3 Å². The highest BCUT2D eigenvalue weighted by Crippen LogP contribution is 2.30. The Hall–Kier alpha value is -3.08. The number of thiazole rings is 1. The number of nitrogens with zero attached hydrogens (tertiary/aromatic N) is 5. The second kappa shape index (κ2) is 9.05. The van der Waals surface area contributed by atoms with Gasteiger partial charge in [-0.1, -0.05) is 23.5 Å². The summed E-state index contributed by atoms with van der Waals surface area (Å²) in [7, 11) is -3.52. The first-order chi connectivity index (χ1) is 16.0. The standard InChI is InChI=1S/C23H23N5O3S2/c29-22(18-8-10-19(11-9-18)33(30,31)27-14-3-4-15-27)28(17-16-26-13-5-12-24-26)23-25-20-6-1-2-7-21(20)32-23/h1-2,5-13H,3-4,14-17H2. The fourth-order valence-electron chi connectivity index (χ4n) is 3.90. The van der Waals surface area contributed by atoms with Crippen molar-refractivity contribution in [3.8, 4) is 0 Å². The average Bonchev–Trinajstić information content (AvgIpc) is 3.61. The van der Waals surface area contributed by atoms with Crippen LogP contribution >= 0.6 is 11.3 Å². The summed E-state index contributed by atoms with van der Waals surface area (Å²) >= 11 is 1.45. The van der Waals surface area contributed by atoms with Crippen molar-refractivity contribution in [2.75, 3.05) is 24.5 Å². The molecule has 1 fully saturated rings. The van der Waals surface area contributed by atoms with Crippen LogP contribution in [0.2, 0.25) is 0 Å². The number of carbonyl (C=O) groups is 1. The van der Waals surface area contributed by atoms with E-state index in [0.29, 0.717) is 36.9 Å². The SMILES string of the molecule is O=C(c1ccc(S(=O)(=O)N2CCCC2)cc1)N(CCn1cccn1)c1nc2ccccc2s1. The van der Waals surface area contributed by atoms with Crippen LogP contribution in [0.4, 0.5) is 5.13 Å². The summed E-state index contributed by atoms with van der Waals surface area (Å²) < 4.78 is 29.9. The van der Waals surface area contributed by atoms with E-state index in [1.165, 1.54) is 27.8 Å². The van der Waals surface area contributed by atoms with Crippen LogP contribution < -0.4 is 4.90 Å². The van der Waals surface area contributed by atoms with E-state index in [-0.39, 0.29) is 10.8 Å². The van der Waals surface area contributed by atoms with Crippen LogP contribution in [0, 0.1) is 0 Å². The van der Waals surface area contributed by atoms with Gasteiger partial charge in [-0.25, -0.2) is 13.4 Å². The number of sulfonamides is 1. The molecule has 0 atom stereocenters. The van der Waals surface area contributed by atoms with Crippen molar-refractivity contribution in [2.45, 2.75) is 24.3 Å². The summed E-state index contributed by atoms with van der Waals surface area (Å²) in [6, 6.07) is 15.8. The monoisotopic (exact) mass is 481 g/mol. The molecule has 0 radical (unpaired) electrons. The first-order valence-corrected chi connectivity index (χ1v) is 13.0. The van der Waals surface area contributed by atoms with Crippen LogP contribution in [-0.4, -0.2) is 53.0 Å². The molecule has 170 valence electrons. The zero-order valence-electron chi connectivity index (χ0n) is 17.9. The molecule has 5 rings (SSSR count). The van der Waals surface area contributed by atoms with Gasteiger partial charge in [0.15, 0.2) is 5.13 Å². The number of rotatable bonds is 7. The van der Waals surface area contributed by atoms with E-state index in [1.54, 1.807) is 27.9 Å². The highest BCUT2D eigenvalue weighted by Gasteiger charge is 2.28. The minimum Gasteiger partial charge on any atom is -0.282 e. The molecule has 33 heavy (non-hydrogen) atoms. The van der Waals surface area contributed by atoms with Crippen molar-refractivity contribution >= 4 is 42.6 Å². The Morgan fingerprint density at radius 1 is 1.03 bits per heavy atom. The summed E-state index contributed by atoms with van der Waals surface area (Å²) in [5, 5.41) is 4.82. The van der Waals surface area contributed by atoms with Crippen molar-refractivity contribution in [1.29, 1.82) is 0 Å². The second-order valence-electron chi connectivity index (χ2n) is 7.83. The fraction of sp³-hybridized carbons (Fsp3) is 0.261. The number of carbonyl (C=O) groups excluding carboxylic acids is 1. The third kappa shape index (κ3) is 4.41. The van der Waals surface area contributed by atoms with Gasteiger partial charge in [0.2, 0.25) is 10.0 Å². The number of hydrogen-bond acceptors (Lipinski definition) is 6. The third-order valence-corrected chi connectivity index (χ3v) is 8.65. The van der Waals surface area contributed by atoms with Gasteiger partial charge in [-0.3, -0.25) is 14.4 Å². The number of para-hydroxylation sites is 1. The Morgan fingerprint density at radius 2 is 1.79 bits per heavy atom. The van der Waals surface area contributed by atoms with Crippen molar-refractivity contribution in [3.05, 3.63) is 72.6 Å². The third-order valence-electron chi connectivity index (χ3n) is 5.67. The predicted octanol–water partition coefficient (Wildman–Crippen LogP) is 3.62. The number of hydrogen-bond donors (Lipinski definition) is 0. The molecule has 1 aliphatic rings. The molecule has 1 amide bonds. The largest absolute Gasteiger partial charge is 0.282 e. The van der Waals surface area contributed by atoms with E-state index in [1.807, 2.05) is 36.5 Å². The Bertz CT molecular complexity index is 1330. The molecule has 0 spiro atoms.